The van der Waals surface area contributed by atoms with E-state index in [1.807, 2.05) is 19.1 Å². The monoisotopic (exact) mass is 434 g/mol. The summed E-state index contributed by atoms with van der Waals surface area (Å²) in [5, 5.41) is 5.55. The molecule has 2 aromatic rings. The highest BCUT2D eigenvalue weighted by Crippen LogP contribution is 2.22. The van der Waals surface area contributed by atoms with Gasteiger partial charge in [-0.1, -0.05) is 28.1 Å². The molecule has 0 unspecified atom stereocenters. The van der Waals surface area contributed by atoms with E-state index in [1.165, 1.54) is 0 Å². The molecule has 0 fully saturated rings. The van der Waals surface area contributed by atoms with Crippen molar-refractivity contribution < 1.29 is 19.1 Å². The minimum absolute atomic E-state index is 0.147. The predicted molar refractivity (Wildman–Crippen MR) is 108 cm³/mol. The Morgan fingerprint density at radius 3 is 2.67 bits per heavy atom. The molecule has 0 spiro atoms. The summed E-state index contributed by atoms with van der Waals surface area (Å²) in [6, 6.07) is 12.4. The van der Waals surface area contributed by atoms with Gasteiger partial charge in [-0.2, -0.15) is 0 Å². The molecule has 0 radical (unpaired) electrons. The first-order chi connectivity index (χ1) is 13.0. The van der Waals surface area contributed by atoms with Crippen LogP contribution in [0.1, 0.15) is 22.3 Å². The van der Waals surface area contributed by atoms with Gasteiger partial charge in [0.15, 0.2) is 6.61 Å². The number of methoxy groups -OCH3 is 1. The number of nitrogens with one attached hydrogen (secondary N) is 2. The summed E-state index contributed by atoms with van der Waals surface area (Å²) in [6.45, 7) is 2.83. The number of para-hydroxylation sites is 1. The molecule has 0 aliphatic heterocycles. The van der Waals surface area contributed by atoms with Gasteiger partial charge in [-0.15, -0.1) is 0 Å². The van der Waals surface area contributed by atoms with Gasteiger partial charge in [-0.05, 0) is 49.2 Å². The second kappa shape index (κ2) is 10.7. The lowest BCUT2D eigenvalue weighted by Crippen LogP contribution is -2.27. The molecule has 27 heavy (non-hydrogen) atoms. The number of anilines is 1. The Bertz CT molecular complexity index is 795. The smallest absolute Gasteiger partial charge is 0.262 e. The Balaban J connectivity index is 1.94. The van der Waals surface area contributed by atoms with E-state index in [0.717, 1.165) is 16.5 Å². The highest BCUT2D eigenvalue weighted by atomic mass is 79.9. The van der Waals surface area contributed by atoms with E-state index in [-0.39, 0.29) is 18.4 Å². The molecule has 0 aliphatic rings. The van der Waals surface area contributed by atoms with Crippen molar-refractivity contribution in [3.05, 3.63) is 58.1 Å². The highest BCUT2D eigenvalue weighted by molar-refractivity contribution is 9.10. The summed E-state index contributed by atoms with van der Waals surface area (Å²) in [5.74, 6) is 0.0566. The maximum Gasteiger partial charge on any atom is 0.262 e. The van der Waals surface area contributed by atoms with Gasteiger partial charge in [0.05, 0.1) is 11.3 Å². The van der Waals surface area contributed by atoms with Crippen LogP contribution in [0, 0.1) is 6.92 Å². The Hall–Kier alpha value is -2.38. The highest BCUT2D eigenvalue weighted by Gasteiger charge is 2.13. The fourth-order valence-electron chi connectivity index (χ4n) is 2.41. The quantitative estimate of drug-likeness (QED) is 0.591. The molecule has 0 atom stereocenters. The van der Waals surface area contributed by atoms with Gasteiger partial charge in [0.25, 0.3) is 11.8 Å². The van der Waals surface area contributed by atoms with Crippen LogP contribution >= 0.6 is 15.9 Å². The van der Waals surface area contributed by atoms with Crippen LogP contribution in [0.2, 0.25) is 0 Å². The Labute approximate surface area is 167 Å². The second-order valence-corrected chi connectivity index (χ2v) is 6.81. The van der Waals surface area contributed by atoms with Gasteiger partial charge in [0.1, 0.15) is 5.75 Å². The van der Waals surface area contributed by atoms with Crippen LogP contribution in [0.15, 0.2) is 46.9 Å². The summed E-state index contributed by atoms with van der Waals surface area (Å²) in [5.41, 5.74) is 1.78. The number of halogens is 1. The molecule has 2 N–H and O–H groups in total. The Morgan fingerprint density at radius 2 is 1.93 bits per heavy atom. The Kier molecular flexibility index (Phi) is 8.29. The molecule has 2 aromatic carbocycles. The van der Waals surface area contributed by atoms with Gasteiger partial charge in [0.2, 0.25) is 0 Å². The number of rotatable bonds is 9. The lowest BCUT2D eigenvalue weighted by Gasteiger charge is -2.13. The van der Waals surface area contributed by atoms with Gasteiger partial charge in [0, 0.05) is 24.7 Å². The van der Waals surface area contributed by atoms with Crippen molar-refractivity contribution in [2.75, 3.05) is 32.2 Å². The van der Waals surface area contributed by atoms with Crippen molar-refractivity contribution in [3.63, 3.8) is 0 Å². The lowest BCUT2D eigenvalue weighted by molar-refractivity contribution is -0.118. The van der Waals surface area contributed by atoms with Gasteiger partial charge >= 0.3 is 0 Å². The number of carbonyl (C=O) groups is 2. The average Bonchev–Trinajstić information content (AvgIpc) is 2.65. The van der Waals surface area contributed by atoms with Gasteiger partial charge in [-0.25, -0.2) is 0 Å². The second-order valence-electron chi connectivity index (χ2n) is 5.89. The van der Waals surface area contributed by atoms with Crippen molar-refractivity contribution in [2.24, 2.45) is 0 Å². The molecule has 2 amide bonds. The first kappa shape index (κ1) is 20.9. The molecule has 0 bridgehead atoms. The molecule has 0 heterocycles. The normalized spacial score (nSPS) is 10.3. The molecule has 2 rings (SSSR count). The van der Waals surface area contributed by atoms with E-state index >= 15 is 0 Å². The molecule has 0 aliphatic carbocycles. The Morgan fingerprint density at radius 1 is 1.15 bits per heavy atom. The van der Waals surface area contributed by atoms with E-state index in [2.05, 4.69) is 26.6 Å². The fraction of sp³-hybridized carbons (Fsp3) is 0.300. The standard InChI is InChI=1S/C20H23BrN2O4/c1-14-12-15(21)8-9-18(14)27-13-19(24)23-17-7-4-3-6-16(17)20(25)22-10-5-11-26-2/h3-4,6-9,12H,5,10-11,13H2,1-2H3,(H,22,25)(H,23,24). The van der Waals surface area contributed by atoms with E-state index in [0.29, 0.717) is 30.2 Å². The van der Waals surface area contributed by atoms with Crippen LogP contribution in [0.4, 0.5) is 5.69 Å². The van der Waals surface area contributed by atoms with Crippen molar-refractivity contribution in [2.45, 2.75) is 13.3 Å². The summed E-state index contributed by atoms with van der Waals surface area (Å²) in [6.07, 6.45) is 0.719. The molecule has 7 heteroatoms. The summed E-state index contributed by atoms with van der Waals surface area (Å²) < 4.78 is 11.5. The third-order valence-electron chi connectivity index (χ3n) is 3.75. The zero-order valence-electron chi connectivity index (χ0n) is 15.4. The van der Waals surface area contributed by atoms with Gasteiger partial charge < -0.3 is 20.1 Å². The maximum absolute atomic E-state index is 12.3. The van der Waals surface area contributed by atoms with Crippen molar-refractivity contribution in [1.82, 2.24) is 5.32 Å². The average molecular weight is 435 g/mol. The summed E-state index contributed by atoms with van der Waals surface area (Å²) >= 11 is 3.39. The largest absolute Gasteiger partial charge is 0.483 e. The van der Waals surface area contributed by atoms with E-state index in [1.54, 1.807) is 37.4 Å². The maximum atomic E-state index is 12.3. The van der Waals surface area contributed by atoms with Crippen LogP contribution < -0.4 is 15.4 Å². The topological polar surface area (TPSA) is 76.7 Å². The number of amides is 2. The lowest BCUT2D eigenvalue weighted by atomic mass is 10.1. The third-order valence-corrected chi connectivity index (χ3v) is 4.25. The van der Waals surface area contributed by atoms with Crippen molar-refractivity contribution >= 4 is 33.4 Å². The van der Waals surface area contributed by atoms with Crippen molar-refractivity contribution in [3.8, 4) is 5.75 Å². The minimum atomic E-state index is -0.336. The van der Waals surface area contributed by atoms with E-state index in [4.69, 9.17) is 9.47 Å². The van der Waals surface area contributed by atoms with Gasteiger partial charge in [-0.3, -0.25) is 9.59 Å². The molecule has 0 saturated carbocycles. The molecular formula is C20H23BrN2O4. The van der Waals surface area contributed by atoms with Crippen LogP contribution in [0.3, 0.4) is 0 Å². The third kappa shape index (κ3) is 6.69. The zero-order valence-corrected chi connectivity index (χ0v) is 17.0. The molecule has 144 valence electrons. The van der Waals surface area contributed by atoms with E-state index in [9.17, 15) is 9.59 Å². The van der Waals surface area contributed by atoms with E-state index < -0.39 is 0 Å². The number of hydrogen-bond donors (Lipinski definition) is 2. The first-order valence-corrected chi connectivity index (χ1v) is 9.35. The number of carbonyl (C=O) groups excluding carboxylic acids is 2. The predicted octanol–water partition coefficient (Wildman–Crippen LogP) is 3.54. The van der Waals surface area contributed by atoms with Crippen molar-refractivity contribution in [1.29, 1.82) is 0 Å². The molecule has 6 nitrogen and oxygen atoms in total. The number of aryl methyl sites for hydroxylation is 1. The number of hydrogen-bond acceptors (Lipinski definition) is 4. The number of ether oxygens (including phenoxy) is 2. The van der Waals surface area contributed by atoms with Crippen LogP contribution in [0.5, 0.6) is 5.75 Å². The van der Waals surface area contributed by atoms with Crippen LogP contribution in [0.25, 0.3) is 0 Å². The molecular weight excluding hydrogens is 412 g/mol. The molecule has 0 saturated heterocycles. The van der Waals surface area contributed by atoms with Crippen LogP contribution in [-0.4, -0.2) is 38.7 Å². The zero-order chi connectivity index (χ0) is 19.6. The summed E-state index contributed by atoms with van der Waals surface area (Å²) in [4.78, 5) is 24.6. The van der Waals surface area contributed by atoms with Crippen LogP contribution in [-0.2, 0) is 9.53 Å². The fourth-order valence-corrected chi connectivity index (χ4v) is 2.88. The molecule has 0 aromatic heterocycles. The minimum Gasteiger partial charge on any atom is -0.483 e. The number of benzene rings is 2. The summed E-state index contributed by atoms with van der Waals surface area (Å²) in [7, 11) is 1.62. The first-order valence-electron chi connectivity index (χ1n) is 8.56. The SMILES string of the molecule is COCCCNC(=O)c1ccccc1NC(=O)COc1ccc(Br)cc1C.